The van der Waals surface area contributed by atoms with Crippen LogP contribution in [0.3, 0.4) is 0 Å². The highest BCUT2D eigenvalue weighted by Gasteiger charge is 2.31. The van der Waals surface area contributed by atoms with Crippen LogP contribution in [0.5, 0.6) is 0 Å². The summed E-state index contributed by atoms with van der Waals surface area (Å²) < 4.78 is 0. The SMILES string of the molecule is CN(C)CC1CSCCCN1C(=O)C(=O)c1c[nH]c2ccccc12. The predicted molar refractivity (Wildman–Crippen MR) is 98.6 cm³/mol. The number of carbonyl (C=O) groups excluding carboxylic acids is 2. The van der Waals surface area contributed by atoms with E-state index in [0.29, 0.717) is 12.1 Å². The first-order valence-corrected chi connectivity index (χ1v) is 9.37. The predicted octanol–water partition coefficient (Wildman–Crippen LogP) is 2.25. The highest BCUT2D eigenvalue weighted by atomic mass is 32.2. The summed E-state index contributed by atoms with van der Waals surface area (Å²) in [5.41, 5.74) is 1.35. The molecule has 1 aromatic carbocycles. The smallest absolute Gasteiger partial charge is 0.295 e. The van der Waals surface area contributed by atoms with Gasteiger partial charge in [0.2, 0.25) is 0 Å². The number of nitrogens with zero attached hydrogens (tertiary/aromatic N) is 2. The Labute approximate surface area is 146 Å². The molecule has 0 saturated carbocycles. The van der Waals surface area contributed by atoms with Crippen molar-refractivity contribution in [3.8, 4) is 0 Å². The number of ketones is 1. The molecule has 0 radical (unpaired) electrons. The Bertz CT molecular complexity index is 741. The first-order valence-electron chi connectivity index (χ1n) is 8.22. The average molecular weight is 345 g/mol. The standard InChI is InChI=1S/C18H23N3O2S/c1-20(2)11-13-12-24-9-5-8-21(13)18(23)17(22)15-10-19-16-7-4-3-6-14(15)16/h3-4,6-7,10,13,19H,5,8-9,11-12H2,1-2H3. The Morgan fingerprint density at radius 3 is 2.92 bits per heavy atom. The zero-order chi connectivity index (χ0) is 17.1. The van der Waals surface area contributed by atoms with Gasteiger partial charge in [-0.25, -0.2) is 0 Å². The van der Waals surface area contributed by atoms with Gasteiger partial charge >= 0.3 is 0 Å². The fourth-order valence-electron chi connectivity index (χ4n) is 3.17. The van der Waals surface area contributed by atoms with Gasteiger partial charge in [-0.05, 0) is 32.3 Å². The maximum atomic E-state index is 12.9. The number of aromatic nitrogens is 1. The first-order chi connectivity index (χ1) is 11.6. The number of likely N-dealkylation sites (N-methyl/N-ethyl adjacent to an activating group) is 1. The molecule has 1 aliphatic heterocycles. The number of rotatable bonds is 4. The van der Waals surface area contributed by atoms with Crippen LogP contribution in [0.2, 0.25) is 0 Å². The van der Waals surface area contributed by atoms with Crippen LogP contribution >= 0.6 is 11.8 Å². The van der Waals surface area contributed by atoms with Crippen LogP contribution in [-0.4, -0.2) is 71.2 Å². The molecule has 128 valence electrons. The molecule has 1 unspecified atom stereocenters. The van der Waals surface area contributed by atoms with E-state index in [1.165, 1.54) is 0 Å². The molecule has 1 N–H and O–H groups in total. The molecule has 24 heavy (non-hydrogen) atoms. The van der Waals surface area contributed by atoms with E-state index in [0.717, 1.165) is 35.4 Å². The van der Waals surface area contributed by atoms with Crippen molar-refractivity contribution in [2.45, 2.75) is 12.5 Å². The van der Waals surface area contributed by atoms with Crippen molar-refractivity contribution in [1.29, 1.82) is 0 Å². The number of hydrogen-bond donors (Lipinski definition) is 1. The van der Waals surface area contributed by atoms with Crippen LogP contribution in [0, 0.1) is 0 Å². The molecule has 6 heteroatoms. The second-order valence-corrected chi connectivity index (χ2v) is 7.57. The number of amides is 1. The van der Waals surface area contributed by atoms with Crippen molar-refractivity contribution in [3.63, 3.8) is 0 Å². The van der Waals surface area contributed by atoms with Gasteiger partial charge < -0.3 is 14.8 Å². The molecule has 1 aromatic heterocycles. The summed E-state index contributed by atoms with van der Waals surface area (Å²) in [6.07, 6.45) is 2.58. The maximum Gasteiger partial charge on any atom is 0.295 e. The van der Waals surface area contributed by atoms with Crippen molar-refractivity contribution in [2.24, 2.45) is 0 Å². The lowest BCUT2D eigenvalue weighted by molar-refractivity contribution is -0.128. The molecule has 1 fully saturated rings. The third-order valence-electron chi connectivity index (χ3n) is 4.30. The fraction of sp³-hybridized carbons (Fsp3) is 0.444. The second-order valence-electron chi connectivity index (χ2n) is 6.42. The summed E-state index contributed by atoms with van der Waals surface area (Å²) in [6.45, 7) is 1.43. The Kier molecular flexibility index (Phi) is 5.26. The van der Waals surface area contributed by atoms with Gasteiger partial charge in [-0.15, -0.1) is 0 Å². The van der Waals surface area contributed by atoms with Crippen LogP contribution in [0.15, 0.2) is 30.5 Å². The number of hydrogen-bond acceptors (Lipinski definition) is 4. The molecule has 2 aromatic rings. The summed E-state index contributed by atoms with van der Waals surface area (Å²) in [6, 6.07) is 7.66. The summed E-state index contributed by atoms with van der Waals surface area (Å²) >= 11 is 1.86. The van der Waals surface area contributed by atoms with E-state index < -0.39 is 5.78 Å². The highest BCUT2D eigenvalue weighted by molar-refractivity contribution is 7.99. The number of benzene rings is 1. The van der Waals surface area contributed by atoms with Crippen LogP contribution < -0.4 is 0 Å². The minimum atomic E-state index is -0.414. The topological polar surface area (TPSA) is 56.4 Å². The van der Waals surface area contributed by atoms with Gasteiger partial charge in [0.1, 0.15) is 0 Å². The van der Waals surface area contributed by atoms with Crippen molar-refractivity contribution in [1.82, 2.24) is 14.8 Å². The van der Waals surface area contributed by atoms with Crippen molar-refractivity contribution in [2.75, 3.05) is 38.7 Å². The van der Waals surface area contributed by atoms with Gasteiger partial charge in [0, 0.05) is 35.9 Å². The lowest BCUT2D eigenvalue weighted by atomic mass is 10.1. The lowest BCUT2D eigenvalue weighted by Crippen LogP contribution is -2.49. The van der Waals surface area contributed by atoms with Crippen molar-refractivity contribution < 1.29 is 9.59 Å². The van der Waals surface area contributed by atoms with E-state index in [1.54, 1.807) is 11.1 Å². The van der Waals surface area contributed by atoms with Crippen molar-refractivity contribution in [3.05, 3.63) is 36.0 Å². The van der Waals surface area contributed by atoms with Crippen LogP contribution in [0.1, 0.15) is 16.8 Å². The molecule has 0 aliphatic carbocycles. The second kappa shape index (κ2) is 7.40. The molecular weight excluding hydrogens is 322 g/mol. The molecule has 0 spiro atoms. The largest absolute Gasteiger partial charge is 0.360 e. The monoisotopic (exact) mass is 345 g/mol. The molecule has 1 amide bonds. The van der Waals surface area contributed by atoms with Crippen molar-refractivity contribution >= 4 is 34.4 Å². The van der Waals surface area contributed by atoms with Gasteiger partial charge in [-0.3, -0.25) is 9.59 Å². The zero-order valence-corrected chi connectivity index (χ0v) is 14.9. The van der Waals surface area contributed by atoms with Gasteiger partial charge in [0.05, 0.1) is 11.6 Å². The summed E-state index contributed by atoms with van der Waals surface area (Å²) in [4.78, 5) is 32.7. The minimum absolute atomic E-state index is 0.0779. The third kappa shape index (κ3) is 3.49. The van der Waals surface area contributed by atoms with Crippen LogP contribution in [-0.2, 0) is 4.79 Å². The lowest BCUT2D eigenvalue weighted by Gasteiger charge is -2.31. The van der Waals surface area contributed by atoms with E-state index in [2.05, 4.69) is 9.88 Å². The summed E-state index contributed by atoms with van der Waals surface area (Å²) in [5, 5.41) is 0.809. The zero-order valence-electron chi connectivity index (χ0n) is 14.1. The molecule has 1 aliphatic rings. The molecule has 5 nitrogen and oxygen atoms in total. The Morgan fingerprint density at radius 1 is 1.33 bits per heavy atom. The quantitative estimate of drug-likeness (QED) is 0.682. The number of Topliss-reactive ketones (excluding diaryl/α,β-unsaturated/α-hetero) is 1. The van der Waals surface area contributed by atoms with Gasteiger partial charge in [0.25, 0.3) is 11.7 Å². The van der Waals surface area contributed by atoms with Crippen LogP contribution in [0.25, 0.3) is 10.9 Å². The molecule has 0 bridgehead atoms. The maximum absolute atomic E-state index is 12.9. The van der Waals surface area contributed by atoms with Gasteiger partial charge in [-0.1, -0.05) is 18.2 Å². The molecule has 2 heterocycles. The minimum Gasteiger partial charge on any atom is -0.360 e. The van der Waals surface area contributed by atoms with E-state index in [1.807, 2.05) is 50.1 Å². The number of aromatic amines is 1. The van der Waals surface area contributed by atoms with E-state index in [9.17, 15) is 9.59 Å². The van der Waals surface area contributed by atoms with E-state index in [4.69, 9.17) is 0 Å². The van der Waals surface area contributed by atoms with Crippen LogP contribution in [0.4, 0.5) is 0 Å². The summed E-state index contributed by atoms with van der Waals surface area (Å²) in [7, 11) is 4.00. The number of thioether (sulfide) groups is 1. The first kappa shape index (κ1) is 17.0. The highest BCUT2D eigenvalue weighted by Crippen LogP contribution is 2.22. The Balaban J connectivity index is 1.86. The number of fused-ring (bicyclic) bond motifs is 1. The molecule has 1 atom stereocenters. The van der Waals surface area contributed by atoms with E-state index >= 15 is 0 Å². The molecule has 1 saturated heterocycles. The van der Waals surface area contributed by atoms with Gasteiger partial charge in [0.15, 0.2) is 0 Å². The third-order valence-corrected chi connectivity index (χ3v) is 5.50. The Hall–Kier alpha value is -1.79. The molecular formula is C18H23N3O2S. The molecule has 3 rings (SSSR count). The number of carbonyl (C=O) groups is 2. The summed E-state index contributed by atoms with van der Waals surface area (Å²) in [5.74, 6) is 1.12. The normalized spacial score (nSPS) is 18.8. The number of H-pyrrole nitrogens is 1. The Morgan fingerprint density at radius 2 is 2.12 bits per heavy atom. The average Bonchev–Trinajstić information content (AvgIpc) is 2.86. The van der Waals surface area contributed by atoms with E-state index in [-0.39, 0.29) is 11.9 Å². The fourth-order valence-corrected chi connectivity index (χ4v) is 4.23. The van der Waals surface area contributed by atoms with Gasteiger partial charge in [-0.2, -0.15) is 11.8 Å². The number of nitrogens with one attached hydrogen (secondary N) is 1. The number of para-hydroxylation sites is 1.